The number of rotatable bonds is 2. The van der Waals surface area contributed by atoms with Crippen LogP contribution in [0.1, 0.15) is 44.9 Å². The topological polar surface area (TPSA) is 57.6 Å². The number of amides is 1. The summed E-state index contributed by atoms with van der Waals surface area (Å²) in [5.41, 5.74) is 0.0377. The van der Waals surface area contributed by atoms with Crippen molar-refractivity contribution in [3.63, 3.8) is 0 Å². The molecular formula is C15H21NO3. The summed E-state index contributed by atoms with van der Waals surface area (Å²) in [4.78, 5) is 25.5. The zero-order chi connectivity index (χ0) is 13.2. The van der Waals surface area contributed by atoms with Crippen LogP contribution in [-0.2, 0) is 9.59 Å². The number of carbonyl (C=O) groups excluding carboxylic acids is 1. The van der Waals surface area contributed by atoms with Crippen molar-refractivity contribution >= 4 is 11.9 Å². The standard InChI is InChI=1S/C15H21NO3/c17-13-12(14(18)19)1-2-16(13)15-6-9-3-10(7-15)5-11(4-9)8-15/h9-12H,1-8H2,(H,18,19). The summed E-state index contributed by atoms with van der Waals surface area (Å²) in [6, 6.07) is 0. The Morgan fingerprint density at radius 3 is 2.05 bits per heavy atom. The molecule has 104 valence electrons. The van der Waals surface area contributed by atoms with Gasteiger partial charge in [-0.2, -0.15) is 0 Å². The molecule has 4 saturated carbocycles. The van der Waals surface area contributed by atoms with Crippen LogP contribution >= 0.6 is 0 Å². The monoisotopic (exact) mass is 263 g/mol. The second kappa shape index (κ2) is 3.74. The van der Waals surface area contributed by atoms with Crippen molar-refractivity contribution in [2.75, 3.05) is 6.54 Å². The van der Waals surface area contributed by atoms with Crippen molar-refractivity contribution in [1.82, 2.24) is 4.90 Å². The van der Waals surface area contributed by atoms with Gasteiger partial charge in [0.2, 0.25) is 5.91 Å². The largest absolute Gasteiger partial charge is 0.481 e. The highest BCUT2D eigenvalue weighted by molar-refractivity contribution is 5.98. The van der Waals surface area contributed by atoms with Crippen LogP contribution in [0.15, 0.2) is 0 Å². The van der Waals surface area contributed by atoms with E-state index in [2.05, 4.69) is 0 Å². The van der Waals surface area contributed by atoms with Gasteiger partial charge in [-0.05, 0) is 62.7 Å². The number of aliphatic carboxylic acids is 1. The van der Waals surface area contributed by atoms with E-state index in [9.17, 15) is 9.59 Å². The predicted molar refractivity (Wildman–Crippen MR) is 68.4 cm³/mol. The number of likely N-dealkylation sites (tertiary alicyclic amines) is 1. The maximum atomic E-state index is 12.4. The highest BCUT2D eigenvalue weighted by Gasteiger charge is 2.57. The minimum absolute atomic E-state index is 0.0377. The molecule has 1 aliphatic heterocycles. The van der Waals surface area contributed by atoms with Crippen LogP contribution in [0.25, 0.3) is 0 Å². The lowest BCUT2D eigenvalue weighted by molar-refractivity contribution is -0.154. The van der Waals surface area contributed by atoms with E-state index in [0.29, 0.717) is 13.0 Å². The molecule has 1 atom stereocenters. The molecule has 0 aromatic rings. The predicted octanol–water partition coefficient (Wildman–Crippen LogP) is 1.89. The maximum absolute atomic E-state index is 12.4. The van der Waals surface area contributed by atoms with Crippen molar-refractivity contribution < 1.29 is 14.7 Å². The SMILES string of the molecule is O=C(O)C1CCN(C23CC4CC(CC(C4)C2)C3)C1=O. The minimum atomic E-state index is -0.933. The number of carboxylic acid groups (broad SMARTS) is 1. The number of hydrogen-bond acceptors (Lipinski definition) is 2. The minimum Gasteiger partial charge on any atom is -0.481 e. The Bertz CT molecular complexity index is 409. The van der Waals surface area contributed by atoms with Gasteiger partial charge in [0, 0.05) is 12.1 Å². The first-order valence-electron chi connectivity index (χ1n) is 7.62. The van der Waals surface area contributed by atoms with E-state index in [0.717, 1.165) is 37.0 Å². The summed E-state index contributed by atoms with van der Waals surface area (Å²) in [5, 5.41) is 9.14. The van der Waals surface area contributed by atoms with Crippen LogP contribution in [0.5, 0.6) is 0 Å². The van der Waals surface area contributed by atoms with E-state index in [-0.39, 0.29) is 11.4 Å². The highest BCUT2D eigenvalue weighted by atomic mass is 16.4. The number of hydrogen-bond donors (Lipinski definition) is 1. The van der Waals surface area contributed by atoms with E-state index in [1.165, 1.54) is 19.3 Å². The molecule has 1 unspecified atom stereocenters. The third kappa shape index (κ3) is 1.58. The average Bonchev–Trinajstić information content (AvgIpc) is 2.69. The van der Waals surface area contributed by atoms with Gasteiger partial charge in [0.15, 0.2) is 0 Å². The maximum Gasteiger partial charge on any atom is 0.316 e. The Labute approximate surface area is 113 Å². The third-order valence-corrected chi connectivity index (χ3v) is 6.08. The van der Waals surface area contributed by atoms with Crippen molar-refractivity contribution in [3.05, 3.63) is 0 Å². The quantitative estimate of drug-likeness (QED) is 0.774. The summed E-state index contributed by atoms with van der Waals surface area (Å²) < 4.78 is 0. The van der Waals surface area contributed by atoms with Crippen LogP contribution in [0, 0.1) is 23.7 Å². The molecule has 0 radical (unpaired) electrons. The normalized spacial score (nSPS) is 48.0. The fraction of sp³-hybridized carbons (Fsp3) is 0.867. The van der Waals surface area contributed by atoms with Gasteiger partial charge >= 0.3 is 5.97 Å². The molecule has 5 aliphatic rings. The molecule has 1 saturated heterocycles. The molecule has 4 bridgehead atoms. The van der Waals surface area contributed by atoms with Gasteiger partial charge < -0.3 is 10.0 Å². The second-order valence-corrected chi connectivity index (χ2v) is 7.31. The number of nitrogens with zero attached hydrogens (tertiary/aromatic N) is 1. The lowest BCUT2D eigenvalue weighted by Gasteiger charge is -2.59. The average molecular weight is 263 g/mol. The Morgan fingerprint density at radius 1 is 1.11 bits per heavy atom. The van der Waals surface area contributed by atoms with Gasteiger partial charge in [0.05, 0.1) is 0 Å². The summed E-state index contributed by atoms with van der Waals surface area (Å²) in [5.74, 6) is 0.577. The van der Waals surface area contributed by atoms with Crippen molar-refractivity contribution in [3.8, 4) is 0 Å². The molecule has 19 heavy (non-hydrogen) atoms. The molecule has 5 rings (SSSR count). The number of carbonyl (C=O) groups is 2. The fourth-order valence-corrected chi connectivity index (χ4v) is 5.78. The van der Waals surface area contributed by atoms with E-state index in [4.69, 9.17) is 5.11 Å². The molecule has 1 amide bonds. The Morgan fingerprint density at radius 2 is 1.63 bits per heavy atom. The van der Waals surface area contributed by atoms with Gasteiger partial charge in [-0.3, -0.25) is 9.59 Å². The Balaban J connectivity index is 1.62. The lowest BCUT2D eigenvalue weighted by Crippen LogP contribution is -2.60. The van der Waals surface area contributed by atoms with Crippen LogP contribution < -0.4 is 0 Å². The third-order valence-electron chi connectivity index (χ3n) is 6.08. The molecule has 4 heteroatoms. The Hall–Kier alpha value is -1.06. The van der Waals surface area contributed by atoms with Crippen LogP contribution in [0.2, 0.25) is 0 Å². The molecule has 5 fully saturated rings. The van der Waals surface area contributed by atoms with E-state index in [1.807, 2.05) is 4.90 Å². The molecule has 0 spiro atoms. The second-order valence-electron chi connectivity index (χ2n) is 7.31. The summed E-state index contributed by atoms with van der Waals surface area (Å²) in [6.07, 6.45) is 7.97. The molecule has 0 aromatic carbocycles. The molecule has 4 nitrogen and oxygen atoms in total. The molecule has 1 N–H and O–H groups in total. The molecular weight excluding hydrogens is 242 g/mol. The van der Waals surface area contributed by atoms with Gasteiger partial charge in [0.1, 0.15) is 5.92 Å². The van der Waals surface area contributed by atoms with Crippen LogP contribution in [0.3, 0.4) is 0 Å². The van der Waals surface area contributed by atoms with Gasteiger partial charge in [0.25, 0.3) is 0 Å². The number of carboxylic acids is 1. The fourth-order valence-electron chi connectivity index (χ4n) is 5.78. The summed E-state index contributed by atoms with van der Waals surface area (Å²) >= 11 is 0. The van der Waals surface area contributed by atoms with Crippen LogP contribution in [0.4, 0.5) is 0 Å². The first-order chi connectivity index (χ1) is 9.07. The lowest BCUT2D eigenvalue weighted by atomic mass is 9.52. The van der Waals surface area contributed by atoms with Crippen molar-refractivity contribution in [1.29, 1.82) is 0 Å². The smallest absolute Gasteiger partial charge is 0.316 e. The summed E-state index contributed by atoms with van der Waals surface area (Å²) in [7, 11) is 0. The van der Waals surface area contributed by atoms with E-state index >= 15 is 0 Å². The zero-order valence-corrected chi connectivity index (χ0v) is 11.2. The van der Waals surface area contributed by atoms with Gasteiger partial charge in [-0.25, -0.2) is 0 Å². The first-order valence-corrected chi connectivity index (χ1v) is 7.62. The van der Waals surface area contributed by atoms with Gasteiger partial charge in [-0.1, -0.05) is 0 Å². The molecule has 1 heterocycles. The first kappa shape index (κ1) is 11.7. The molecule has 0 aromatic heterocycles. The Kier molecular flexibility index (Phi) is 2.31. The van der Waals surface area contributed by atoms with Crippen molar-refractivity contribution in [2.24, 2.45) is 23.7 Å². The summed E-state index contributed by atoms with van der Waals surface area (Å²) in [6.45, 7) is 0.669. The van der Waals surface area contributed by atoms with Crippen molar-refractivity contribution in [2.45, 2.75) is 50.5 Å². The van der Waals surface area contributed by atoms with Crippen LogP contribution in [-0.4, -0.2) is 34.0 Å². The highest BCUT2D eigenvalue weighted by Crippen LogP contribution is 2.58. The van der Waals surface area contributed by atoms with Gasteiger partial charge in [-0.15, -0.1) is 0 Å². The van der Waals surface area contributed by atoms with E-state index in [1.54, 1.807) is 0 Å². The van der Waals surface area contributed by atoms with E-state index < -0.39 is 11.9 Å². The zero-order valence-electron chi connectivity index (χ0n) is 11.2. The molecule has 4 aliphatic carbocycles.